The Hall–Kier alpha value is -3.56. The van der Waals surface area contributed by atoms with Crippen LogP contribution >= 0.6 is 11.6 Å². The smallest absolute Gasteiger partial charge is 0.244 e. The molecule has 0 aromatic heterocycles. The number of carbonyl (C=O) groups excluding carboxylic acids is 2. The summed E-state index contributed by atoms with van der Waals surface area (Å²) in [5.74, 6) is -0.228. The first kappa shape index (κ1) is 32.0. The molecule has 3 rings (SSSR count). The van der Waals surface area contributed by atoms with Gasteiger partial charge in [-0.15, -0.1) is 0 Å². The first-order valence-corrected chi connectivity index (χ1v) is 15.7. The van der Waals surface area contributed by atoms with Crippen LogP contribution in [0.4, 0.5) is 5.69 Å². The van der Waals surface area contributed by atoms with Gasteiger partial charge in [0.15, 0.2) is 0 Å². The third kappa shape index (κ3) is 8.96. The van der Waals surface area contributed by atoms with Crippen LogP contribution < -0.4 is 14.4 Å². The fourth-order valence-electron chi connectivity index (χ4n) is 4.46. The number of halogens is 1. The van der Waals surface area contributed by atoms with E-state index in [1.54, 1.807) is 44.4 Å². The summed E-state index contributed by atoms with van der Waals surface area (Å²) in [6.07, 6.45) is 2.01. The summed E-state index contributed by atoms with van der Waals surface area (Å²) >= 11 is 6.12. The lowest BCUT2D eigenvalue weighted by Gasteiger charge is -2.34. The number of benzene rings is 3. The van der Waals surface area contributed by atoms with Crippen LogP contribution in [0.1, 0.15) is 37.0 Å². The molecule has 220 valence electrons. The lowest BCUT2D eigenvalue weighted by Crippen LogP contribution is -2.54. The molecule has 2 atom stereocenters. The molecule has 0 aliphatic carbocycles. The second-order valence-electron chi connectivity index (χ2n) is 10.1. The molecule has 1 N–H and O–H groups in total. The largest absolute Gasteiger partial charge is 0.497 e. The average molecular weight is 600 g/mol. The number of hydrogen-bond donors (Lipinski definition) is 1. The molecule has 0 aliphatic heterocycles. The fourth-order valence-corrected chi connectivity index (χ4v) is 5.59. The molecular formula is C31H38ClN3O5S. The summed E-state index contributed by atoms with van der Waals surface area (Å²) in [4.78, 5) is 29.4. The van der Waals surface area contributed by atoms with Gasteiger partial charge in [-0.2, -0.15) is 0 Å². The van der Waals surface area contributed by atoms with E-state index in [9.17, 15) is 18.0 Å². The van der Waals surface area contributed by atoms with Crippen LogP contribution in [0.25, 0.3) is 0 Å². The van der Waals surface area contributed by atoms with Crippen molar-refractivity contribution < 1.29 is 22.7 Å². The van der Waals surface area contributed by atoms with Crippen molar-refractivity contribution in [2.24, 2.45) is 0 Å². The lowest BCUT2D eigenvalue weighted by atomic mass is 10.0. The summed E-state index contributed by atoms with van der Waals surface area (Å²) in [5.41, 5.74) is 2.55. The summed E-state index contributed by atoms with van der Waals surface area (Å²) in [7, 11) is -2.32. The van der Waals surface area contributed by atoms with Gasteiger partial charge in [-0.1, -0.05) is 61.0 Å². The highest BCUT2D eigenvalue weighted by Gasteiger charge is 2.33. The van der Waals surface area contributed by atoms with Crippen LogP contribution in [0.5, 0.6) is 5.75 Å². The fraction of sp³-hybridized carbons (Fsp3) is 0.355. The predicted molar refractivity (Wildman–Crippen MR) is 164 cm³/mol. The van der Waals surface area contributed by atoms with Gasteiger partial charge in [0.25, 0.3) is 0 Å². The summed E-state index contributed by atoms with van der Waals surface area (Å²) in [6.45, 7) is 5.18. The zero-order chi connectivity index (χ0) is 30.2. The van der Waals surface area contributed by atoms with E-state index in [0.717, 1.165) is 21.7 Å². The van der Waals surface area contributed by atoms with Gasteiger partial charge in [0, 0.05) is 24.0 Å². The van der Waals surface area contributed by atoms with E-state index in [2.05, 4.69) is 5.32 Å². The monoisotopic (exact) mass is 599 g/mol. The highest BCUT2D eigenvalue weighted by atomic mass is 35.5. The average Bonchev–Trinajstić information content (AvgIpc) is 2.93. The summed E-state index contributed by atoms with van der Waals surface area (Å²) in [6, 6.07) is 20.5. The molecule has 3 aromatic rings. The first-order chi connectivity index (χ1) is 19.4. The molecular weight excluding hydrogens is 562 g/mol. The van der Waals surface area contributed by atoms with Crippen molar-refractivity contribution in [3.05, 3.63) is 94.5 Å². The molecule has 41 heavy (non-hydrogen) atoms. The minimum absolute atomic E-state index is 0.0681. The Bertz CT molecular complexity index is 1450. The van der Waals surface area contributed by atoms with E-state index in [-0.39, 0.29) is 24.9 Å². The standard InChI is InChI=1S/C31H38ClN3O5S/c1-6-23(3)33-31(37)29(19-24-11-8-7-9-12-24)34(20-25-13-10-14-27(18-25)40-4)30(36)21-35(41(5,38)39)28-16-15-26(32)17-22(28)2/h7-18,23,29H,6,19-21H2,1-5H3,(H,33,37)/t23-,29+/m0/s1. The molecule has 10 heteroatoms. The molecule has 8 nitrogen and oxygen atoms in total. The van der Waals surface area contributed by atoms with Crippen molar-refractivity contribution in [1.82, 2.24) is 10.2 Å². The lowest BCUT2D eigenvalue weighted by molar-refractivity contribution is -0.140. The minimum Gasteiger partial charge on any atom is -0.497 e. The topological polar surface area (TPSA) is 96.0 Å². The van der Waals surface area contributed by atoms with Crippen LogP contribution in [-0.2, 0) is 32.6 Å². The van der Waals surface area contributed by atoms with E-state index >= 15 is 0 Å². The van der Waals surface area contributed by atoms with Crippen LogP contribution in [0, 0.1) is 6.92 Å². The van der Waals surface area contributed by atoms with Crippen molar-refractivity contribution in [3.8, 4) is 5.75 Å². The maximum Gasteiger partial charge on any atom is 0.244 e. The maximum atomic E-state index is 14.2. The summed E-state index contributed by atoms with van der Waals surface area (Å²) in [5, 5.41) is 3.47. The van der Waals surface area contributed by atoms with E-state index in [1.165, 1.54) is 4.90 Å². The Labute approximate surface area is 248 Å². The molecule has 0 aliphatic rings. The molecule has 3 aromatic carbocycles. The number of carbonyl (C=O) groups is 2. The molecule has 2 amide bonds. The van der Waals surface area contributed by atoms with E-state index < -0.39 is 28.5 Å². The molecule has 0 saturated carbocycles. The van der Waals surface area contributed by atoms with Gasteiger partial charge in [-0.3, -0.25) is 13.9 Å². The van der Waals surface area contributed by atoms with Gasteiger partial charge in [0.1, 0.15) is 18.3 Å². The van der Waals surface area contributed by atoms with Crippen LogP contribution in [0.2, 0.25) is 5.02 Å². The SMILES string of the molecule is CC[C@H](C)NC(=O)[C@@H](Cc1ccccc1)N(Cc1cccc(OC)c1)C(=O)CN(c1ccc(Cl)cc1C)S(C)(=O)=O. The molecule has 0 unspecified atom stereocenters. The third-order valence-electron chi connectivity index (χ3n) is 6.87. The van der Waals surface area contributed by atoms with Crippen molar-refractivity contribution in [2.75, 3.05) is 24.2 Å². The zero-order valence-corrected chi connectivity index (χ0v) is 25.7. The summed E-state index contributed by atoms with van der Waals surface area (Å²) < 4.78 is 32.4. The Balaban J connectivity index is 2.09. The van der Waals surface area contributed by atoms with Crippen LogP contribution in [0.15, 0.2) is 72.8 Å². The van der Waals surface area contributed by atoms with E-state index in [4.69, 9.17) is 16.3 Å². The van der Waals surface area contributed by atoms with Crippen molar-refractivity contribution in [1.29, 1.82) is 0 Å². The van der Waals surface area contributed by atoms with Crippen molar-refractivity contribution in [3.63, 3.8) is 0 Å². The second kappa shape index (κ2) is 14.4. The molecule has 0 spiro atoms. The Morgan fingerprint density at radius 3 is 2.29 bits per heavy atom. The number of amides is 2. The molecule has 0 radical (unpaired) electrons. The number of anilines is 1. The number of aryl methyl sites for hydroxylation is 1. The first-order valence-electron chi connectivity index (χ1n) is 13.4. The zero-order valence-electron chi connectivity index (χ0n) is 24.1. The minimum atomic E-state index is -3.87. The number of nitrogens with zero attached hydrogens (tertiary/aromatic N) is 2. The normalized spacial score (nSPS) is 12.7. The van der Waals surface area contributed by atoms with Gasteiger partial charge >= 0.3 is 0 Å². The van der Waals surface area contributed by atoms with Gasteiger partial charge in [0.05, 0.1) is 19.1 Å². The predicted octanol–water partition coefficient (Wildman–Crippen LogP) is 4.98. The number of rotatable bonds is 13. The number of hydrogen-bond acceptors (Lipinski definition) is 5. The Morgan fingerprint density at radius 1 is 1.00 bits per heavy atom. The van der Waals surface area contributed by atoms with Gasteiger partial charge in [-0.25, -0.2) is 8.42 Å². The second-order valence-corrected chi connectivity index (χ2v) is 12.4. The number of nitrogens with one attached hydrogen (secondary N) is 1. The molecule has 0 saturated heterocycles. The van der Waals surface area contributed by atoms with Crippen LogP contribution in [0.3, 0.4) is 0 Å². The molecule has 0 heterocycles. The quantitative estimate of drug-likeness (QED) is 0.299. The maximum absolute atomic E-state index is 14.2. The Morgan fingerprint density at radius 2 is 1.68 bits per heavy atom. The number of ether oxygens (including phenoxy) is 1. The highest BCUT2D eigenvalue weighted by Crippen LogP contribution is 2.26. The van der Waals surface area contributed by atoms with Crippen molar-refractivity contribution in [2.45, 2.75) is 52.2 Å². The van der Waals surface area contributed by atoms with Gasteiger partial charge < -0.3 is 15.0 Å². The third-order valence-corrected chi connectivity index (χ3v) is 8.23. The molecule has 0 fully saturated rings. The van der Waals surface area contributed by atoms with E-state index in [1.807, 2.05) is 56.3 Å². The Kier molecular flexibility index (Phi) is 11.2. The van der Waals surface area contributed by atoms with Gasteiger partial charge in [-0.05, 0) is 67.3 Å². The van der Waals surface area contributed by atoms with E-state index in [0.29, 0.717) is 28.4 Å². The molecule has 0 bridgehead atoms. The van der Waals surface area contributed by atoms with Crippen LogP contribution in [-0.4, -0.2) is 57.1 Å². The number of sulfonamides is 1. The van der Waals surface area contributed by atoms with Crippen molar-refractivity contribution >= 4 is 39.1 Å². The number of methoxy groups -OCH3 is 1. The van der Waals surface area contributed by atoms with Gasteiger partial charge in [0.2, 0.25) is 21.8 Å². The highest BCUT2D eigenvalue weighted by molar-refractivity contribution is 7.92.